The van der Waals surface area contributed by atoms with E-state index in [0.717, 1.165) is 0 Å². The fourth-order valence-electron chi connectivity index (χ4n) is 1.38. The van der Waals surface area contributed by atoms with Gasteiger partial charge in [-0.3, -0.25) is 9.48 Å². The highest BCUT2D eigenvalue weighted by molar-refractivity contribution is 5.95. The quantitative estimate of drug-likeness (QED) is 0.819. The van der Waals surface area contributed by atoms with E-state index in [1.54, 1.807) is 31.8 Å². The third kappa shape index (κ3) is 3.30. The Hall–Kier alpha value is -1.36. The van der Waals surface area contributed by atoms with Gasteiger partial charge in [0.25, 0.3) is 5.91 Å². The monoisotopic (exact) mass is 239 g/mol. The number of carbonyl (C=O) groups excluding carboxylic acids is 1. The van der Waals surface area contributed by atoms with Crippen molar-refractivity contribution < 1.29 is 9.90 Å². The number of nitrogens with zero attached hydrogens (tertiary/aromatic N) is 2. The van der Waals surface area contributed by atoms with Crippen molar-refractivity contribution in [2.75, 3.05) is 6.54 Å². The lowest BCUT2D eigenvalue weighted by atomic mass is 9.92. The minimum atomic E-state index is -0.897. The predicted molar refractivity (Wildman–Crippen MR) is 65.7 cm³/mol. The first-order valence-electron chi connectivity index (χ1n) is 5.75. The van der Waals surface area contributed by atoms with E-state index in [1.165, 1.54) is 0 Å². The largest absolute Gasteiger partial charge is 0.388 e. The van der Waals surface area contributed by atoms with Crippen molar-refractivity contribution in [3.8, 4) is 0 Å². The normalized spacial score (nSPS) is 14.8. The second-order valence-electron chi connectivity index (χ2n) is 5.00. The number of carbonyl (C=O) groups is 1. The van der Waals surface area contributed by atoms with Gasteiger partial charge in [0, 0.05) is 19.8 Å². The lowest BCUT2D eigenvalue weighted by molar-refractivity contribution is 0.0142. The van der Waals surface area contributed by atoms with Crippen LogP contribution >= 0.6 is 0 Å². The van der Waals surface area contributed by atoms with Crippen molar-refractivity contribution in [2.24, 2.45) is 13.0 Å². The van der Waals surface area contributed by atoms with Gasteiger partial charge in [0.1, 0.15) is 0 Å². The van der Waals surface area contributed by atoms with Gasteiger partial charge in [-0.25, -0.2) is 0 Å². The zero-order valence-corrected chi connectivity index (χ0v) is 11.1. The predicted octanol–water partition coefficient (Wildman–Crippen LogP) is 0.865. The number of hydrogen-bond acceptors (Lipinski definition) is 3. The van der Waals surface area contributed by atoms with Gasteiger partial charge in [0.15, 0.2) is 0 Å². The van der Waals surface area contributed by atoms with E-state index in [9.17, 15) is 9.90 Å². The van der Waals surface area contributed by atoms with Crippen molar-refractivity contribution in [1.29, 1.82) is 0 Å². The molecule has 0 aliphatic rings. The second-order valence-corrected chi connectivity index (χ2v) is 5.00. The summed E-state index contributed by atoms with van der Waals surface area (Å²) in [5.41, 5.74) is 0.340. The molecule has 1 amide bonds. The third-order valence-electron chi connectivity index (χ3n) is 3.11. The highest BCUT2D eigenvalue weighted by Gasteiger charge is 2.26. The average molecular weight is 239 g/mol. The van der Waals surface area contributed by atoms with Crippen LogP contribution in [0.2, 0.25) is 0 Å². The molecule has 1 heterocycles. The Morgan fingerprint density at radius 2 is 2.24 bits per heavy atom. The molecule has 96 valence electrons. The molecule has 0 fully saturated rings. The van der Waals surface area contributed by atoms with Crippen molar-refractivity contribution in [1.82, 2.24) is 15.1 Å². The van der Waals surface area contributed by atoms with Crippen LogP contribution in [0.4, 0.5) is 0 Å². The molecule has 5 heteroatoms. The molecule has 0 radical (unpaired) electrons. The molecule has 1 aromatic rings. The number of aromatic nitrogens is 2. The Bertz CT molecular complexity index is 408. The second kappa shape index (κ2) is 4.87. The molecule has 0 spiro atoms. The van der Waals surface area contributed by atoms with Gasteiger partial charge in [0.2, 0.25) is 0 Å². The zero-order chi connectivity index (χ0) is 13.2. The summed E-state index contributed by atoms with van der Waals surface area (Å²) in [6.45, 7) is 7.57. The molecule has 0 aromatic carbocycles. The van der Waals surface area contributed by atoms with Crippen LogP contribution in [-0.4, -0.2) is 32.9 Å². The molecule has 5 nitrogen and oxygen atoms in total. The molecule has 0 bridgehead atoms. The summed E-state index contributed by atoms with van der Waals surface area (Å²) in [5, 5.41) is 16.9. The molecule has 2 N–H and O–H groups in total. The van der Waals surface area contributed by atoms with Crippen LogP contribution < -0.4 is 5.32 Å². The van der Waals surface area contributed by atoms with Gasteiger partial charge >= 0.3 is 0 Å². The van der Waals surface area contributed by atoms with E-state index in [1.807, 2.05) is 13.8 Å². The maximum atomic E-state index is 11.9. The lowest BCUT2D eigenvalue weighted by Gasteiger charge is -2.27. The number of rotatable bonds is 4. The first-order valence-corrected chi connectivity index (χ1v) is 5.75. The van der Waals surface area contributed by atoms with Crippen LogP contribution in [0, 0.1) is 12.8 Å². The molecular weight excluding hydrogens is 218 g/mol. The number of nitrogens with one attached hydrogen (secondary N) is 1. The first-order chi connectivity index (χ1) is 7.74. The van der Waals surface area contributed by atoms with Crippen molar-refractivity contribution in [3.63, 3.8) is 0 Å². The van der Waals surface area contributed by atoms with Gasteiger partial charge in [-0.15, -0.1) is 0 Å². The standard InChI is InChI=1S/C12H21N3O2/c1-8(2)12(4,17)7-13-11(16)10-6-15(5)14-9(10)3/h6,8,17H,7H2,1-5H3,(H,13,16). The molecule has 0 aliphatic heterocycles. The number of hydrogen-bond donors (Lipinski definition) is 2. The van der Waals surface area contributed by atoms with E-state index >= 15 is 0 Å². The summed E-state index contributed by atoms with van der Waals surface area (Å²) in [7, 11) is 1.77. The summed E-state index contributed by atoms with van der Waals surface area (Å²) >= 11 is 0. The maximum Gasteiger partial charge on any atom is 0.254 e. The molecule has 1 atom stereocenters. The minimum absolute atomic E-state index is 0.0813. The lowest BCUT2D eigenvalue weighted by Crippen LogP contribution is -2.44. The Balaban J connectivity index is 2.65. The van der Waals surface area contributed by atoms with Crippen LogP contribution in [0.5, 0.6) is 0 Å². The third-order valence-corrected chi connectivity index (χ3v) is 3.11. The number of aryl methyl sites for hydroxylation is 2. The van der Waals surface area contributed by atoms with E-state index in [-0.39, 0.29) is 18.4 Å². The molecule has 1 rings (SSSR count). The molecule has 0 saturated heterocycles. The fraction of sp³-hybridized carbons (Fsp3) is 0.667. The topological polar surface area (TPSA) is 67.2 Å². The molecule has 0 saturated carbocycles. The number of amides is 1. The van der Waals surface area contributed by atoms with Gasteiger partial charge in [0.05, 0.1) is 16.9 Å². The van der Waals surface area contributed by atoms with Crippen LogP contribution in [0.25, 0.3) is 0 Å². The number of aliphatic hydroxyl groups is 1. The summed E-state index contributed by atoms with van der Waals surface area (Å²) in [6, 6.07) is 0. The fourth-order valence-corrected chi connectivity index (χ4v) is 1.38. The van der Waals surface area contributed by atoms with Gasteiger partial charge in [-0.05, 0) is 19.8 Å². The van der Waals surface area contributed by atoms with E-state index in [0.29, 0.717) is 11.3 Å². The van der Waals surface area contributed by atoms with Crippen molar-refractivity contribution >= 4 is 5.91 Å². The molecule has 0 aliphatic carbocycles. The van der Waals surface area contributed by atoms with Gasteiger partial charge < -0.3 is 10.4 Å². The first kappa shape index (κ1) is 13.7. The summed E-state index contributed by atoms with van der Waals surface area (Å²) in [6.07, 6.45) is 1.68. The van der Waals surface area contributed by atoms with E-state index in [2.05, 4.69) is 10.4 Å². The SMILES string of the molecule is Cc1nn(C)cc1C(=O)NCC(C)(O)C(C)C. The van der Waals surface area contributed by atoms with E-state index < -0.39 is 5.60 Å². The van der Waals surface area contributed by atoms with Crippen LogP contribution in [-0.2, 0) is 7.05 Å². The Kier molecular flexibility index (Phi) is 3.93. The van der Waals surface area contributed by atoms with Gasteiger partial charge in [-0.1, -0.05) is 13.8 Å². The minimum Gasteiger partial charge on any atom is -0.388 e. The average Bonchev–Trinajstić information content (AvgIpc) is 2.54. The van der Waals surface area contributed by atoms with E-state index in [4.69, 9.17) is 0 Å². The molecule has 1 unspecified atom stereocenters. The smallest absolute Gasteiger partial charge is 0.254 e. The summed E-state index contributed by atoms with van der Waals surface area (Å²) < 4.78 is 1.60. The maximum absolute atomic E-state index is 11.9. The van der Waals surface area contributed by atoms with Gasteiger partial charge in [-0.2, -0.15) is 5.10 Å². The zero-order valence-electron chi connectivity index (χ0n) is 11.1. The summed E-state index contributed by atoms with van der Waals surface area (Å²) in [4.78, 5) is 11.9. The van der Waals surface area contributed by atoms with Crippen LogP contribution in [0.3, 0.4) is 0 Å². The Morgan fingerprint density at radius 1 is 1.65 bits per heavy atom. The molecule has 1 aromatic heterocycles. The summed E-state index contributed by atoms with van der Waals surface area (Å²) in [5.74, 6) is -0.116. The van der Waals surface area contributed by atoms with Crippen LogP contribution in [0.15, 0.2) is 6.20 Å². The molecular formula is C12H21N3O2. The highest BCUT2D eigenvalue weighted by Crippen LogP contribution is 2.15. The Labute approximate surface area is 102 Å². The van der Waals surface area contributed by atoms with Crippen molar-refractivity contribution in [3.05, 3.63) is 17.5 Å². The van der Waals surface area contributed by atoms with Crippen LogP contribution in [0.1, 0.15) is 36.8 Å². The Morgan fingerprint density at radius 3 is 2.65 bits per heavy atom. The van der Waals surface area contributed by atoms with Crippen molar-refractivity contribution in [2.45, 2.75) is 33.3 Å². The highest BCUT2D eigenvalue weighted by atomic mass is 16.3. The molecule has 17 heavy (non-hydrogen) atoms.